The fourth-order valence-corrected chi connectivity index (χ4v) is 1.10. The highest BCUT2D eigenvalue weighted by Gasteiger charge is 1.98. The number of para-hydroxylation sites is 1. The molecule has 0 heterocycles. The molecule has 16 heavy (non-hydrogen) atoms. The summed E-state index contributed by atoms with van der Waals surface area (Å²) in [6.07, 6.45) is 0. The van der Waals surface area contributed by atoms with Crippen LogP contribution < -0.4 is 10.9 Å². The Kier molecular flexibility index (Phi) is 6.12. The van der Waals surface area contributed by atoms with Crippen LogP contribution >= 0.6 is 11.6 Å². The van der Waals surface area contributed by atoms with Gasteiger partial charge in [-0.15, -0.1) is 0 Å². The van der Waals surface area contributed by atoms with Crippen molar-refractivity contribution in [1.29, 1.82) is 0 Å². The third-order valence-electron chi connectivity index (χ3n) is 1.39. The molecule has 1 aromatic rings. The van der Waals surface area contributed by atoms with E-state index in [-0.39, 0.29) is 16.5 Å². The van der Waals surface area contributed by atoms with Crippen LogP contribution in [-0.2, 0) is 10.0 Å². The number of benzene rings is 1. The minimum atomic E-state index is -3.42. The summed E-state index contributed by atoms with van der Waals surface area (Å²) >= 11 is 5.48. The number of phenols is 1. The lowest BCUT2D eigenvalue weighted by atomic mass is 10.3. The van der Waals surface area contributed by atoms with Crippen LogP contribution in [0.3, 0.4) is 0 Å². The molecule has 0 spiro atoms. The maximum absolute atomic E-state index is 9.85. The van der Waals surface area contributed by atoms with E-state index in [2.05, 4.69) is 5.14 Å². The highest BCUT2D eigenvalue weighted by Crippen LogP contribution is 2.28. The fourth-order valence-electron chi connectivity index (χ4n) is 0.659. The number of aromatic hydroxyl groups is 1. The Morgan fingerprint density at radius 2 is 1.94 bits per heavy atom. The van der Waals surface area contributed by atoms with Crippen LogP contribution in [0.2, 0.25) is 5.02 Å². The van der Waals surface area contributed by atoms with Gasteiger partial charge < -0.3 is 15.9 Å². The zero-order valence-corrected chi connectivity index (χ0v) is 9.87. The Morgan fingerprint density at radius 1 is 1.38 bits per heavy atom. The van der Waals surface area contributed by atoms with Gasteiger partial charge in [0.25, 0.3) is 0 Å². The predicted molar refractivity (Wildman–Crippen MR) is 62.6 cm³/mol. The molecule has 0 aliphatic heterocycles. The van der Waals surface area contributed by atoms with Crippen LogP contribution in [0, 0.1) is 0 Å². The topological polar surface area (TPSA) is 127 Å². The molecule has 0 fully saturated rings. The van der Waals surface area contributed by atoms with Crippen molar-refractivity contribution in [3.05, 3.63) is 23.2 Å². The van der Waals surface area contributed by atoms with E-state index in [0.717, 1.165) is 0 Å². The summed E-state index contributed by atoms with van der Waals surface area (Å²) in [4.78, 5) is 0. The minimum absolute atomic E-state index is 0.0424. The van der Waals surface area contributed by atoms with E-state index in [4.69, 9.17) is 27.5 Å². The predicted octanol–water partition coefficient (Wildman–Crippen LogP) is -0.105. The SMILES string of the molecule is NS(=O)(=O)CCO.Nc1cccc(Cl)c1O. The molecule has 6 nitrogen and oxygen atoms in total. The Bertz CT molecular complexity index is 415. The molecule has 1 rings (SSSR count). The Hall–Kier alpha value is -1.02. The molecule has 0 aromatic heterocycles. The van der Waals surface area contributed by atoms with Crippen LogP contribution in [0.4, 0.5) is 5.69 Å². The highest BCUT2D eigenvalue weighted by atomic mass is 35.5. The van der Waals surface area contributed by atoms with Gasteiger partial charge in [0, 0.05) is 0 Å². The molecule has 0 unspecified atom stereocenters. The second-order valence-electron chi connectivity index (χ2n) is 2.77. The highest BCUT2D eigenvalue weighted by molar-refractivity contribution is 7.89. The maximum atomic E-state index is 9.85. The Balaban J connectivity index is 0.000000293. The van der Waals surface area contributed by atoms with Gasteiger partial charge in [-0.25, -0.2) is 13.6 Å². The van der Waals surface area contributed by atoms with Gasteiger partial charge in [0.05, 0.1) is 23.1 Å². The van der Waals surface area contributed by atoms with Crippen molar-refractivity contribution in [3.8, 4) is 5.75 Å². The molecule has 0 aliphatic rings. The summed E-state index contributed by atoms with van der Waals surface area (Å²) in [5.74, 6) is -0.397. The van der Waals surface area contributed by atoms with E-state index >= 15 is 0 Å². The lowest BCUT2D eigenvalue weighted by molar-refractivity contribution is 0.319. The van der Waals surface area contributed by atoms with Crippen molar-refractivity contribution in [2.24, 2.45) is 5.14 Å². The zero-order valence-electron chi connectivity index (χ0n) is 8.30. The molecule has 1 aromatic carbocycles. The maximum Gasteiger partial charge on any atom is 0.211 e. The summed E-state index contributed by atoms with van der Waals surface area (Å²) in [5, 5.41) is 21.6. The van der Waals surface area contributed by atoms with Crippen LogP contribution in [0.1, 0.15) is 0 Å². The molecular formula is C8H13ClN2O4S. The summed E-state index contributed by atoms with van der Waals surface area (Å²) in [5.41, 5.74) is 5.59. The van der Waals surface area contributed by atoms with Gasteiger partial charge in [0.1, 0.15) is 0 Å². The van der Waals surface area contributed by atoms with Gasteiger partial charge in [0.2, 0.25) is 10.0 Å². The number of hydrogen-bond acceptors (Lipinski definition) is 5. The smallest absolute Gasteiger partial charge is 0.211 e. The number of aliphatic hydroxyl groups excluding tert-OH is 1. The van der Waals surface area contributed by atoms with E-state index in [1.165, 1.54) is 0 Å². The molecule has 6 N–H and O–H groups in total. The molecule has 8 heteroatoms. The molecule has 0 atom stereocenters. The van der Waals surface area contributed by atoms with Crippen molar-refractivity contribution >= 4 is 27.3 Å². The molecule has 0 radical (unpaired) electrons. The molecule has 0 saturated carbocycles. The van der Waals surface area contributed by atoms with Gasteiger partial charge in [0.15, 0.2) is 5.75 Å². The van der Waals surface area contributed by atoms with Gasteiger partial charge in [-0.05, 0) is 12.1 Å². The first-order chi connectivity index (χ1) is 7.28. The zero-order chi connectivity index (χ0) is 12.8. The molecular weight excluding hydrogens is 256 g/mol. The van der Waals surface area contributed by atoms with Gasteiger partial charge >= 0.3 is 0 Å². The fraction of sp³-hybridized carbons (Fsp3) is 0.250. The number of aliphatic hydroxyl groups is 1. The molecule has 0 saturated heterocycles. The monoisotopic (exact) mass is 268 g/mol. The lowest BCUT2D eigenvalue weighted by Crippen LogP contribution is -2.18. The summed E-state index contributed by atoms with van der Waals surface area (Å²) in [6, 6.07) is 4.84. The molecule has 0 aliphatic carbocycles. The standard InChI is InChI=1S/C6H6ClNO.C2H7NO3S/c7-4-2-1-3-5(8)6(4)9;3-7(5,6)2-1-4/h1-3,9H,8H2;4H,1-2H2,(H2,3,5,6). The van der Waals surface area contributed by atoms with Crippen molar-refractivity contribution in [3.63, 3.8) is 0 Å². The third kappa shape index (κ3) is 6.46. The Morgan fingerprint density at radius 3 is 2.19 bits per heavy atom. The van der Waals surface area contributed by atoms with Crippen LogP contribution in [0.5, 0.6) is 5.75 Å². The van der Waals surface area contributed by atoms with Crippen LogP contribution in [0.25, 0.3) is 0 Å². The van der Waals surface area contributed by atoms with Crippen molar-refractivity contribution in [2.45, 2.75) is 0 Å². The van der Waals surface area contributed by atoms with Crippen molar-refractivity contribution in [2.75, 3.05) is 18.1 Å². The van der Waals surface area contributed by atoms with Crippen molar-refractivity contribution < 1.29 is 18.6 Å². The minimum Gasteiger partial charge on any atom is -0.504 e. The van der Waals surface area contributed by atoms with Gasteiger partial charge in [-0.1, -0.05) is 17.7 Å². The number of primary sulfonamides is 1. The molecule has 92 valence electrons. The number of nitrogen functional groups attached to an aromatic ring is 1. The number of nitrogens with two attached hydrogens (primary N) is 2. The summed E-state index contributed by atoms with van der Waals surface area (Å²) in [7, 11) is -3.42. The van der Waals surface area contributed by atoms with E-state index in [9.17, 15) is 8.42 Å². The van der Waals surface area contributed by atoms with Gasteiger partial charge in [-0.3, -0.25) is 0 Å². The van der Waals surface area contributed by atoms with Crippen LogP contribution in [-0.4, -0.2) is 31.0 Å². The normalized spacial score (nSPS) is 10.4. The number of halogens is 1. The average Bonchev–Trinajstić information content (AvgIpc) is 2.13. The number of anilines is 1. The molecule has 0 amide bonds. The van der Waals surface area contributed by atoms with E-state index in [1.807, 2.05) is 0 Å². The van der Waals surface area contributed by atoms with E-state index in [0.29, 0.717) is 5.69 Å². The van der Waals surface area contributed by atoms with Crippen molar-refractivity contribution in [1.82, 2.24) is 0 Å². The molecule has 0 bridgehead atoms. The number of phenolic OH excluding ortho intramolecular Hbond substituents is 1. The number of rotatable bonds is 2. The van der Waals surface area contributed by atoms with Crippen LogP contribution in [0.15, 0.2) is 18.2 Å². The first-order valence-corrected chi connectivity index (χ1v) is 6.21. The first-order valence-electron chi connectivity index (χ1n) is 4.12. The lowest BCUT2D eigenvalue weighted by Gasteiger charge is -1.97. The third-order valence-corrected chi connectivity index (χ3v) is 2.45. The average molecular weight is 269 g/mol. The summed E-state index contributed by atoms with van der Waals surface area (Å²) < 4.78 is 19.7. The first kappa shape index (κ1) is 15.0. The van der Waals surface area contributed by atoms with E-state index in [1.54, 1.807) is 18.2 Å². The van der Waals surface area contributed by atoms with E-state index < -0.39 is 16.6 Å². The number of sulfonamides is 1. The quantitative estimate of drug-likeness (QED) is 0.440. The largest absolute Gasteiger partial charge is 0.504 e. The Labute approximate surface area is 98.5 Å². The summed E-state index contributed by atoms with van der Waals surface area (Å²) in [6.45, 7) is -0.404. The second-order valence-corrected chi connectivity index (χ2v) is 4.91. The number of hydrogen-bond donors (Lipinski definition) is 4. The van der Waals surface area contributed by atoms with Gasteiger partial charge in [-0.2, -0.15) is 0 Å². The second kappa shape index (κ2) is 6.54.